The van der Waals surface area contributed by atoms with Gasteiger partial charge in [0, 0.05) is 24.9 Å². The molecule has 0 saturated heterocycles. The summed E-state index contributed by atoms with van der Waals surface area (Å²) in [4.78, 5) is 21.1. The molecule has 29 heavy (non-hydrogen) atoms. The van der Waals surface area contributed by atoms with E-state index >= 15 is 0 Å². The highest BCUT2D eigenvalue weighted by atomic mass is 35.5. The van der Waals surface area contributed by atoms with E-state index in [2.05, 4.69) is 15.3 Å². The quantitative estimate of drug-likeness (QED) is 0.522. The lowest BCUT2D eigenvalue weighted by Gasteiger charge is -2.15. The molecule has 7 nitrogen and oxygen atoms in total. The van der Waals surface area contributed by atoms with Crippen molar-refractivity contribution < 1.29 is 9.53 Å². The number of nitrogens with one attached hydrogen (secondary N) is 1. The number of aromatic nitrogens is 4. The summed E-state index contributed by atoms with van der Waals surface area (Å²) in [5, 5.41) is 8.66. The minimum atomic E-state index is -0.173. The lowest BCUT2D eigenvalue weighted by atomic mass is 10.1. The Hall–Kier alpha value is -3.23. The van der Waals surface area contributed by atoms with Gasteiger partial charge in [0.25, 0.3) is 0 Å². The molecule has 0 fully saturated rings. The average molecular weight is 424 g/mol. The van der Waals surface area contributed by atoms with Gasteiger partial charge in [-0.05, 0) is 24.3 Å². The molecule has 9 heteroatoms. The zero-order chi connectivity index (χ0) is 20.0. The zero-order valence-corrected chi connectivity index (χ0v) is 16.8. The average Bonchev–Trinajstić information content (AvgIpc) is 3.29. The van der Waals surface area contributed by atoms with Crippen LogP contribution < -0.4 is 10.1 Å². The molecule has 4 heterocycles. The summed E-state index contributed by atoms with van der Waals surface area (Å²) in [6.45, 7) is 1.75. The molecular weight excluding hydrogens is 410 g/mol. The summed E-state index contributed by atoms with van der Waals surface area (Å²) in [7, 11) is 0. The van der Waals surface area contributed by atoms with Crippen molar-refractivity contribution in [1.29, 1.82) is 0 Å². The molecule has 0 radical (unpaired) electrons. The lowest BCUT2D eigenvalue weighted by molar-refractivity contribution is -0.114. The maximum atomic E-state index is 11.5. The number of ether oxygens (including phenoxy) is 1. The number of hydrogen-bond acceptors (Lipinski definition) is 6. The summed E-state index contributed by atoms with van der Waals surface area (Å²) in [6, 6.07) is 11.3. The van der Waals surface area contributed by atoms with E-state index in [1.165, 1.54) is 18.3 Å². The molecule has 1 aromatic carbocycles. The van der Waals surface area contributed by atoms with Crippen LogP contribution in [0.2, 0.25) is 5.02 Å². The van der Waals surface area contributed by atoms with Crippen LogP contribution >= 0.6 is 22.9 Å². The van der Waals surface area contributed by atoms with Gasteiger partial charge in [-0.3, -0.25) is 9.78 Å². The summed E-state index contributed by atoms with van der Waals surface area (Å²) in [5.41, 5.74) is 3.74. The number of nitrogens with zero attached hydrogens (tertiary/aromatic N) is 4. The summed E-state index contributed by atoms with van der Waals surface area (Å²) in [6.07, 6.45) is 3.46. The molecule has 5 rings (SSSR count). The molecule has 0 atom stereocenters. The summed E-state index contributed by atoms with van der Waals surface area (Å²) < 4.78 is 7.84. The number of hydrogen-bond donors (Lipinski definition) is 1. The largest absolute Gasteiger partial charge is 0.483 e. The normalized spacial score (nSPS) is 12.1. The molecule has 0 bridgehead atoms. The number of amides is 1. The number of rotatable bonds is 3. The van der Waals surface area contributed by atoms with Gasteiger partial charge in [0.2, 0.25) is 5.91 Å². The maximum Gasteiger partial charge on any atom is 0.223 e. The maximum absolute atomic E-state index is 11.5. The fraction of sp³-hybridized carbons (Fsp3) is 0.100. The van der Waals surface area contributed by atoms with E-state index in [1.807, 2.05) is 36.4 Å². The molecule has 144 valence electrons. The smallest absolute Gasteiger partial charge is 0.223 e. The first kappa shape index (κ1) is 17.8. The van der Waals surface area contributed by atoms with Crippen LogP contribution in [0, 0.1) is 0 Å². The Labute approximate surface area is 175 Å². The van der Waals surface area contributed by atoms with Gasteiger partial charge in [0.15, 0.2) is 10.9 Å². The third kappa shape index (κ3) is 3.06. The van der Waals surface area contributed by atoms with Gasteiger partial charge >= 0.3 is 0 Å². The second kappa shape index (κ2) is 6.98. The fourth-order valence-corrected chi connectivity index (χ4v) is 4.47. The standard InChI is InChI=1S/C20H14ClN5O2S/c1-11(27)23-20-24-14-10-28-18-16(12-5-4-8-22-9-12)25-26(17(18)19(14)29-20)15-7-3-2-6-13(15)21/h2-9H,10H2,1H3,(H,23,24,27). The monoisotopic (exact) mass is 423 g/mol. The minimum Gasteiger partial charge on any atom is -0.483 e. The molecule has 0 aliphatic carbocycles. The van der Waals surface area contributed by atoms with Crippen molar-refractivity contribution in [3.05, 3.63) is 59.5 Å². The van der Waals surface area contributed by atoms with Gasteiger partial charge in [-0.1, -0.05) is 35.1 Å². The number of fused-ring (bicyclic) bond motifs is 3. The molecule has 1 aliphatic heterocycles. The topological polar surface area (TPSA) is 81.9 Å². The first-order chi connectivity index (χ1) is 14.1. The summed E-state index contributed by atoms with van der Waals surface area (Å²) in [5.74, 6) is 0.469. The molecule has 4 aromatic rings. The lowest BCUT2D eigenvalue weighted by Crippen LogP contribution is -2.08. The van der Waals surface area contributed by atoms with E-state index in [1.54, 1.807) is 17.1 Å². The number of carbonyl (C=O) groups is 1. The Morgan fingerprint density at radius 1 is 1.28 bits per heavy atom. The number of halogens is 1. The van der Waals surface area contributed by atoms with Gasteiger partial charge in [-0.2, -0.15) is 5.10 Å². The van der Waals surface area contributed by atoms with Gasteiger partial charge in [0.05, 0.1) is 15.6 Å². The second-order valence-corrected chi connectivity index (χ2v) is 7.80. The highest BCUT2D eigenvalue weighted by Gasteiger charge is 2.32. The van der Waals surface area contributed by atoms with Crippen LogP contribution in [0.3, 0.4) is 0 Å². The molecule has 0 spiro atoms. The molecule has 1 aliphatic rings. The molecule has 0 unspecified atom stereocenters. The van der Waals surface area contributed by atoms with Gasteiger partial charge < -0.3 is 10.1 Å². The van der Waals surface area contributed by atoms with Crippen LogP contribution in [-0.2, 0) is 11.4 Å². The number of pyridine rings is 1. The Morgan fingerprint density at radius 3 is 2.90 bits per heavy atom. The first-order valence-electron chi connectivity index (χ1n) is 8.80. The Kier molecular flexibility index (Phi) is 4.30. The zero-order valence-electron chi connectivity index (χ0n) is 15.2. The third-order valence-electron chi connectivity index (χ3n) is 4.41. The van der Waals surface area contributed by atoms with Gasteiger partial charge in [-0.25, -0.2) is 9.67 Å². The van der Waals surface area contributed by atoms with Crippen LogP contribution in [0.5, 0.6) is 5.75 Å². The van der Waals surface area contributed by atoms with Crippen LogP contribution in [-0.4, -0.2) is 25.7 Å². The number of carbonyl (C=O) groups excluding carboxylic acids is 1. The van der Waals surface area contributed by atoms with Crippen LogP contribution in [0.4, 0.5) is 5.13 Å². The molecule has 1 amide bonds. The van der Waals surface area contributed by atoms with E-state index in [0.29, 0.717) is 28.2 Å². The molecular formula is C20H14ClN5O2S. The van der Waals surface area contributed by atoms with Crippen molar-refractivity contribution >= 4 is 34.0 Å². The van der Waals surface area contributed by atoms with E-state index < -0.39 is 0 Å². The number of para-hydroxylation sites is 1. The number of benzene rings is 1. The highest BCUT2D eigenvalue weighted by Crippen LogP contribution is 2.48. The third-order valence-corrected chi connectivity index (χ3v) is 5.75. The van der Waals surface area contributed by atoms with E-state index in [4.69, 9.17) is 21.4 Å². The predicted molar refractivity (Wildman–Crippen MR) is 112 cm³/mol. The second-order valence-electron chi connectivity index (χ2n) is 6.40. The van der Waals surface area contributed by atoms with E-state index in [-0.39, 0.29) is 5.91 Å². The number of thiazole rings is 1. The van der Waals surface area contributed by atoms with Crippen molar-refractivity contribution in [2.45, 2.75) is 13.5 Å². The summed E-state index contributed by atoms with van der Waals surface area (Å²) >= 11 is 7.86. The van der Waals surface area contributed by atoms with Crippen LogP contribution in [0.1, 0.15) is 12.6 Å². The Balaban J connectivity index is 1.77. The minimum absolute atomic E-state index is 0.173. The van der Waals surface area contributed by atoms with Crippen molar-refractivity contribution in [2.75, 3.05) is 5.32 Å². The number of anilines is 1. The molecule has 3 aromatic heterocycles. The highest BCUT2D eigenvalue weighted by molar-refractivity contribution is 7.19. The van der Waals surface area contributed by atoms with E-state index in [0.717, 1.165) is 27.5 Å². The van der Waals surface area contributed by atoms with Gasteiger partial charge in [-0.15, -0.1) is 0 Å². The van der Waals surface area contributed by atoms with Crippen LogP contribution in [0.25, 0.3) is 27.5 Å². The molecule has 1 N–H and O–H groups in total. The fourth-order valence-electron chi connectivity index (χ4n) is 3.21. The van der Waals surface area contributed by atoms with E-state index in [9.17, 15) is 4.79 Å². The van der Waals surface area contributed by atoms with Crippen molar-refractivity contribution in [3.8, 4) is 33.3 Å². The Morgan fingerprint density at radius 2 is 2.14 bits per heavy atom. The molecule has 0 saturated carbocycles. The van der Waals surface area contributed by atoms with Crippen molar-refractivity contribution in [2.24, 2.45) is 0 Å². The Bertz CT molecular complexity index is 1240. The first-order valence-corrected chi connectivity index (χ1v) is 10.00. The predicted octanol–water partition coefficient (Wildman–Crippen LogP) is 4.56. The SMILES string of the molecule is CC(=O)Nc1nc2c(s1)-c1c(c(-c3cccnc3)nn1-c1ccccc1Cl)OC2. The van der Waals surface area contributed by atoms with Crippen molar-refractivity contribution in [3.63, 3.8) is 0 Å². The van der Waals surface area contributed by atoms with Crippen LogP contribution in [0.15, 0.2) is 48.8 Å². The van der Waals surface area contributed by atoms with Crippen molar-refractivity contribution in [1.82, 2.24) is 19.7 Å². The van der Waals surface area contributed by atoms with Gasteiger partial charge in [0.1, 0.15) is 23.7 Å².